The average molecular weight is 484 g/mol. The molecule has 4 aromatic rings. The number of hydrogen-bond donors (Lipinski definition) is 1. The molecule has 0 spiro atoms. The maximum Gasteiger partial charge on any atom is 0.232 e. The van der Waals surface area contributed by atoms with Gasteiger partial charge in [-0.2, -0.15) is 0 Å². The number of aromatic nitrogens is 2. The monoisotopic (exact) mass is 483 g/mol. The van der Waals surface area contributed by atoms with E-state index in [0.29, 0.717) is 27.9 Å². The van der Waals surface area contributed by atoms with Gasteiger partial charge in [0.05, 0.1) is 28.1 Å². The molecule has 0 saturated heterocycles. The van der Waals surface area contributed by atoms with Gasteiger partial charge in [-0.1, -0.05) is 29.2 Å². The van der Waals surface area contributed by atoms with Crippen molar-refractivity contribution in [1.29, 1.82) is 0 Å². The molecule has 2 aromatic carbocycles. The molecule has 0 saturated carbocycles. The molecular formula is C22H17N3O4S3. The third kappa shape index (κ3) is 4.62. The average Bonchev–Trinajstić information content (AvgIpc) is 3.50. The van der Waals surface area contributed by atoms with Crippen LogP contribution in [0.4, 0.5) is 5.13 Å². The molecule has 0 atom stereocenters. The molecule has 1 aliphatic rings. The van der Waals surface area contributed by atoms with Crippen LogP contribution in [0.25, 0.3) is 10.2 Å². The first kappa shape index (κ1) is 20.9. The Bertz CT molecular complexity index is 1330. The first-order valence-electron chi connectivity index (χ1n) is 9.70. The standard InChI is InChI=1S/C22H17N3O4S3/c1-12-2-4-15-19(6-12)32-21(24-15)25-20(27)8-14-9-30-22(23-14)31-10-16(26)13-3-5-17-18(7-13)29-11-28-17/h2-7,9H,8,10-11H2,1H3,(H,24,25,27). The third-order valence-electron chi connectivity index (χ3n) is 4.68. The van der Waals surface area contributed by atoms with Gasteiger partial charge >= 0.3 is 0 Å². The number of anilines is 1. The van der Waals surface area contributed by atoms with Crippen LogP contribution < -0.4 is 14.8 Å². The number of thioether (sulfide) groups is 1. The van der Waals surface area contributed by atoms with Crippen molar-refractivity contribution in [2.75, 3.05) is 17.9 Å². The van der Waals surface area contributed by atoms with Crippen LogP contribution in [0.5, 0.6) is 11.5 Å². The Morgan fingerprint density at radius 1 is 1.12 bits per heavy atom. The van der Waals surface area contributed by atoms with Gasteiger partial charge in [0, 0.05) is 10.9 Å². The highest BCUT2D eigenvalue weighted by atomic mass is 32.2. The summed E-state index contributed by atoms with van der Waals surface area (Å²) in [5, 5.41) is 5.27. The van der Waals surface area contributed by atoms with E-state index >= 15 is 0 Å². The highest BCUT2D eigenvalue weighted by Gasteiger charge is 2.17. The minimum Gasteiger partial charge on any atom is -0.454 e. The topological polar surface area (TPSA) is 90.4 Å². The van der Waals surface area contributed by atoms with Gasteiger partial charge < -0.3 is 14.8 Å². The molecule has 3 heterocycles. The van der Waals surface area contributed by atoms with E-state index in [-0.39, 0.29) is 30.7 Å². The second kappa shape index (κ2) is 8.89. The van der Waals surface area contributed by atoms with Crippen LogP contribution >= 0.6 is 34.4 Å². The lowest BCUT2D eigenvalue weighted by Crippen LogP contribution is -2.14. The van der Waals surface area contributed by atoms with Crippen LogP contribution in [0, 0.1) is 6.92 Å². The number of nitrogens with zero attached hydrogens (tertiary/aromatic N) is 2. The summed E-state index contributed by atoms with van der Waals surface area (Å²) in [7, 11) is 0. The number of aryl methyl sites for hydroxylation is 1. The molecular weight excluding hydrogens is 466 g/mol. The summed E-state index contributed by atoms with van der Waals surface area (Å²) in [5.74, 6) is 1.31. The van der Waals surface area contributed by atoms with Crippen molar-refractivity contribution in [1.82, 2.24) is 9.97 Å². The molecule has 1 N–H and O–H groups in total. The van der Waals surface area contributed by atoms with Gasteiger partial charge in [-0.05, 0) is 42.8 Å². The molecule has 0 unspecified atom stereocenters. The first-order valence-corrected chi connectivity index (χ1v) is 12.4. The summed E-state index contributed by atoms with van der Waals surface area (Å²) in [6.45, 7) is 2.20. The predicted octanol–water partition coefficient (Wildman–Crippen LogP) is 4.95. The van der Waals surface area contributed by atoms with Crippen LogP contribution in [0.2, 0.25) is 0 Å². The van der Waals surface area contributed by atoms with Crippen LogP contribution in [-0.2, 0) is 11.2 Å². The highest BCUT2D eigenvalue weighted by molar-refractivity contribution is 8.01. The fraction of sp³-hybridized carbons (Fsp3) is 0.182. The first-order chi connectivity index (χ1) is 15.5. The quantitative estimate of drug-likeness (QED) is 0.294. The zero-order chi connectivity index (χ0) is 22.1. The third-order valence-corrected chi connectivity index (χ3v) is 7.69. The number of Topliss-reactive ketones (excluding diaryl/α,β-unsaturated/α-hetero) is 1. The van der Waals surface area contributed by atoms with Crippen molar-refractivity contribution in [3.63, 3.8) is 0 Å². The van der Waals surface area contributed by atoms with Gasteiger partial charge in [-0.3, -0.25) is 9.59 Å². The SMILES string of the molecule is Cc1ccc2nc(NC(=O)Cc3csc(SCC(=O)c4ccc5c(c4)OCO5)n3)sc2c1. The van der Waals surface area contributed by atoms with Crippen LogP contribution in [0.3, 0.4) is 0 Å². The Balaban J connectivity index is 1.15. The van der Waals surface area contributed by atoms with E-state index in [9.17, 15) is 9.59 Å². The van der Waals surface area contributed by atoms with E-state index in [2.05, 4.69) is 21.4 Å². The molecule has 32 heavy (non-hydrogen) atoms. The van der Waals surface area contributed by atoms with Gasteiger partial charge in [-0.25, -0.2) is 9.97 Å². The van der Waals surface area contributed by atoms with Crippen LogP contribution in [0.1, 0.15) is 21.6 Å². The molecule has 2 aromatic heterocycles. The van der Waals surface area contributed by atoms with Gasteiger partial charge in [0.2, 0.25) is 12.7 Å². The molecule has 0 bridgehead atoms. The number of thiazole rings is 2. The Morgan fingerprint density at radius 2 is 2.00 bits per heavy atom. The van der Waals surface area contributed by atoms with Gasteiger partial charge in [0.25, 0.3) is 0 Å². The normalized spacial score (nSPS) is 12.3. The zero-order valence-electron chi connectivity index (χ0n) is 16.9. The summed E-state index contributed by atoms with van der Waals surface area (Å²) < 4.78 is 12.4. The maximum atomic E-state index is 12.5. The van der Waals surface area contributed by atoms with Gasteiger partial charge in [0.1, 0.15) is 0 Å². The number of carbonyl (C=O) groups is 2. The number of benzene rings is 2. The molecule has 1 amide bonds. The molecule has 5 rings (SSSR count). The van der Waals surface area contributed by atoms with Crippen LogP contribution in [0.15, 0.2) is 46.1 Å². The number of nitrogens with one attached hydrogen (secondary N) is 1. The molecule has 7 nitrogen and oxygen atoms in total. The Morgan fingerprint density at radius 3 is 2.91 bits per heavy atom. The molecule has 1 aliphatic heterocycles. The van der Waals surface area contributed by atoms with E-state index in [1.54, 1.807) is 18.2 Å². The summed E-state index contributed by atoms with van der Waals surface area (Å²) in [5.41, 5.74) is 3.27. The van der Waals surface area contributed by atoms with Gasteiger partial charge in [-0.15, -0.1) is 11.3 Å². The highest BCUT2D eigenvalue weighted by Crippen LogP contribution is 2.33. The fourth-order valence-corrected chi connectivity index (χ4v) is 5.85. The summed E-state index contributed by atoms with van der Waals surface area (Å²) in [6, 6.07) is 11.2. The number of fused-ring (bicyclic) bond motifs is 2. The second-order valence-corrected chi connectivity index (χ2v) is 10.2. The minimum absolute atomic E-state index is 0.0196. The van der Waals surface area contributed by atoms with Crippen molar-refractivity contribution in [3.8, 4) is 11.5 Å². The fourth-order valence-electron chi connectivity index (χ4n) is 3.13. The van der Waals surface area contributed by atoms with E-state index in [0.717, 1.165) is 20.1 Å². The van der Waals surface area contributed by atoms with Crippen LogP contribution in [-0.4, -0.2) is 34.2 Å². The lowest BCUT2D eigenvalue weighted by Gasteiger charge is -2.01. The van der Waals surface area contributed by atoms with Crippen molar-refractivity contribution in [3.05, 3.63) is 58.6 Å². The zero-order valence-corrected chi connectivity index (χ0v) is 19.4. The van der Waals surface area contributed by atoms with Gasteiger partial charge in [0.15, 0.2) is 26.8 Å². The molecule has 0 aliphatic carbocycles. The minimum atomic E-state index is -0.168. The smallest absolute Gasteiger partial charge is 0.232 e. The number of hydrogen-bond acceptors (Lipinski definition) is 9. The van der Waals surface area contributed by atoms with Crippen molar-refractivity contribution < 1.29 is 19.1 Å². The maximum absolute atomic E-state index is 12.5. The van der Waals surface area contributed by atoms with Crippen molar-refractivity contribution in [2.45, 2.75) is 17.7 Å². The molecule has 10 heteroatoms. The lowest BCUT2D eigenvalue weighted by atomic mass is 10.1. The Labute approximate surface area is 195 Å². The predicted molar refractivity (Wildman–Crippen MR) is 126 cm³/mol. The number of amides is 1. The van der Waals surface area contributed by atoms with E-state index in [1.807, 2.05) is 24.4 Å². The number of rotatable bonds is 7. The second-order valence-electron chi connectivity index (χ2n) is 7.10. The Hall–Kier alpha value is -2.95. The number of carbonyl (C=O) groups excluding carboxylic acids is 2. The van der Waals surface area contributed by atoms with E-state index < -0.39 is 0 Å². The molecule has 162 valence electrons. The number of ether oxygens (including phenoxy) is 2. The van der Waals surface area contributed by atoms with Crippen molar-refractivity contribution in [2.24, 2.45) is 0 Å². The largest absolute Gasteiger partial charge is 0.454 e. The summed E-state index contributed by atoms with van der Waals surface area (Å²) in [4.78, 5) is 33.8. The van der Waals surface area contributed by atoms with E-state index in [4.69, 9.17) is 9.47 Å². The summed E-state index contributed by atoms with van der Waals surface area (Å²) in [6.07, 6.45) is 0.155. The van der Waals surface area contributed by atoms with E-state index in [1.165, 1.54) is 34.4 Å². The lowest BCUT2D eigenvalue weighted by molar-refractivity contribution is -0.115. The summed E-state index contributed by atoms with van der Waals surface area (Å²) >= 11 is 4.23. The van der Waals surface area contributed by atoms with Crippen molar-refractivity contribution >= 4 is 61.5 Å². The Kier molecular flexibility index (Phi) is 5.81. The molecule has 0 radical (unpaired) electrons. The number of ketones is 1. The molecule has 0 fully saturated rings.